The van der Waals surface area contributed by atoms with Crippen molar-refractivity contribution in [1.82, 2.24) is 9.88 Å². The highest BCUT2D eigenvalue weighted by Crippen LogP contribution is 2.37. The molecule has 0 radical (unpaired) electrons. The maximum Gasteiger partial charge on any atom is 0.160 e. The van der Waals surface area contributed by atoms with Crippen LogP contribution in [-0.4, -0.2) is 48.4 Å². The summed E-state index contributed by atoms with van der Waals surface area (Å²) in [4.78, 5) is 5.80. The highest BCUT2D eigenvalue weighted by Gasteiger charge is 2.27. The number of morpholine rings is 1. The quantitative estimate of drug-likeness (QED) is 0.766. The molecule has 130 valence electrons. The number of aromatic amines is 1. The summed E-state index contributed by atoms with van der Waals surface area (Å²) in [5, 5.41) is 11.2. The first-order chi connectivity index (χ1) is 12.3. The number of aromatic hydroxyl groups is 1. The molecule has 0 spiro atoms. The van der Waals surface area contributed by atoms with E-state index >= 15 is 0 Å². The van der Waals surface area contributed by atoms with Gasteiger partial charge in [-0.15, -0.1) is 0 Å². The number of benzene rings is 2. The van der Waals surface area contributed by atoms with Gasteiger partial charge in [-0.2, -0.15) is 0 Å². The van der Waals surface area contributed by atoms with Crippen molar-refractivity contribution < 1.29 is 14.6 Å². The van der Waals surface area contributed by atoms with Crippen molar-refractivity contribution >= 4 is 10.9 Å². The Bertz CT molecular complexity index is 868. The van der Waals surface area contributed by atoms with Gasteiger partial charge >= 0.3 is 0 Å². The number of methoxy groups -OCH3 is 1. The lowest BCUT2D eigenvalue weighted by atomic mass is 9.95. The maximum absolute atomic E-state index is 9.96. The van der Waals surface area contributed by atoms with Crippen LogP contribution in [-0.2, 0) is 4.74 Å². The Morgan fingerprint density at radius 2 is 1.96 bits per heavy atom. The zero-order valence-electron chi connectivity index (χ0n) is 14.2. The van der Waals surface area contributed by atoms with E-state index in [4.69, 9.17) is 9.47 Å². The largest absolute Gasteiger partial charge is 0.504 e. The van der Waals surface area contributed by atoms with Gasteiger partial charge < -0.3 is 19.6 Å². The normalized spacial score (nSPS) is 16.8. The second kappa shape index (κ2) is 6.78. The van der Waals surface area contributed by atoms with Crippen LogP contribution < -0.4 is 4.74 Å². The van der Waals surface area contributed by atoms with E-state index in [-0.39, 0.29) is 11.8 Å². The topological polar surface area (TPSA) is 57.7 Å². The van der Waals surface area contributed by atoms with Crippen molar-refractivity contribution in [3.8, 4) is 11.5 Å². The maximum atomic E-state index is 9.96. The predicted octanol–water partition coefficient (Wildman–Crippen LogP) is 3.30. The molecule has 0 aliphatic carbocycles. The SMILES string of the molecule is COc1cc(C(c2c[nH]c3ccccc23)N2CCOCC2)ccc1O. The zero-order valence-corrected chi connectivity index (χ0v) is 14.2. The molecule has 5 heteroatoms. The first-order valence-electron chi connectivity index (χ1n) is 8.52. The van der Waals surface area contributed by atoms with Crippen molar-refractivity contribution in [2.45, 2.75) is 6.04 Å². The molecule has 0 saturated carbocycles. The minimum absolute atomic E-state index is 0.0783. The summed E-state index contributed by atoms with van der Waals surface area (Å²) in [6.45, 7) is 3.20. The monoisotopic (exact) mass is 338 g/mol. The molecule has 25 heavy (non-hydrogen) atoms. The molecule has 0 bridgehead atoms. The molecule has 4 rings (SSSR count). The Balaban J connectivity index is 1.84. The summed E-state index contributed by atoms with van der Waals surface area (Å²) >= 11 is 0. The standard InChI is InChI=1S/C20H22N2O3/c1-24-19-12-14(6-7-18(19)23)20(22-8-10-25-11-9-22)16-13-21-17-5-3-2-4-15(16)17/h2-7,12-13,20-21,23H,8-11H2,1H3. The van der Waals surface area contributed by atoms with E-state index in [1.165, 1.54) is 10.9 Å². The summed E-state index contributed by atoms with van der Waals surface area (Å²) in [6, 6.07) is 14.0. The highest BCUT2D eigenvalue weighted by atomic mass is 16.5. The van der Waals surface area contributed by atoms with Crippen LogP contribution in [0.15, 0.2) is 48.7 Å². The third-order valence-corrected chi connectivity index (χ3v) is 4.85. The lowest BCUT2D eigenvalue weighted by molar-refractivity contribution is 0.0241. The van der Waals surface area contributed by atoms with Gasteiger partial charge in [-0.1, -0.05) is 24.3 Å². The number of hydrogen-bond donors (Lipinski definition) is 2. The summed E-state index contributed by atoms with van der Waals surface area (Å²) in [5.74, 6) is 0.654. The van der Waals surface area contributed by atoms with E-state index in [0.717, 1.165) is 37.4 Å². The van der Waals surface area contributed by atoms with Crippen molar-refractivity contribution in [1.29, 1.82) is 0 Å². The number of fused-ring (bicyclic) bond motifs is 1. The van der Waals surface area contributed by atoms with E-state index in [1.54, 1.807) is 13.2 Å². The number of para-hydroxylation sites is 1. The van der Waals surface area contributed by atoms with Crippen molar-refractivity contribution in [2.24, 2.45) is 0 Å². The summed E-state index contributed by atoms with van der Waals surface area (Å²) < 4.78 is 10.9. The van der Waals surface area contributed by atoms with Crippen LogP contribution in [0.25, 0.3) is 10.9 Å². The van der Waals surface area contributed by atoms with Crippen LogP contribution in [0.5, 0.6) is 11.5 Å². The van der Waals surface area contributed by atoms with Gasteiger partial charge in [-0.25, -0.2) is 0 Å². The average Bonchev–Trinajstić information content (AvgIpc) is 3.08. The molecule has 1 aromatic heterocycles. The first-order valence-corrected chi connectivity index (χ1v) is 8.52. The van der Waals surface area contributed by atoms with Gasteiger partial charge in [-0.3, -0.25) is 4.90 Å². The number of phenolic OH excluding ortho intramolecular Hbond substituents is 1. The number of nitrogens with zero attached hydrogens (tertiary/aromatic N) is 1. The number of aromatic nitrogens is 1. The fraction of sp³-hybridized carbons (Fsp3) is 0.300. The Morgan fingerprint density at radius 1 is 1.16 bits per heavy atom. The average molecular weight is 338 g/mol. The second-order valence-electron chi connectivity index (χ2n) is 6.27. The minimum atomic E-state index is 0.0783. The van der Waals surface area contributed by atoms with Gasteiger partial charge in [0, 0.05) is 30.2 Å². The lowest BCUT2D eigenvalue weighted by Crippen LogP contribution is -2.39. The molecular formula is C20H22N2O3. The molecule has 1 aliphatic heterocycles. The summed E-state index contributed by atoms with van der Waals surface area (Å²) in [5.41, 5.74) is 3.45. The Labute approximate surface area is 146 Å². The number of H-pyrrole nitrogens is 1. The second-order valence-corrected chi connectivity index (χ2v) is 6.27. The van der Waals surface area contributed by atoms with Crippen LogP contribution in [0.1, 0.15) is 17.2 Å². The number of nitrogens with one attached hydrogen (secondary N) is 1. The molecule has 2 aromatic carbocycles. The molecular weight excluding hydrogens is 316 g/mol. The Hall–Kier alpha value is -2.50. The third-order valence-electron chi connectivity index (χ3n) is 4.85. The molecule has 2 N–H and O–H groups in total. The number of ether oxygens (including phenoxy) is 2. The van der Waals surface area contributed by atoms with Crippen LogP contribution in [0.2, 0.25) is 0 Å². The lowest BCUT2D eigenvalue weighted by Gasteiger charge is -2.35. The Kier molecular flexibility index (Phi) is 4.34. The Morgan fingerprint density at radius 3 is 2.76 bits per heavy atom. The van der Waals surface area contributed by atoms with Gasteiger partial charge in [0.05, 0.1) is 26.4 Å². The smallest absolute Gasteiger partial charge is 0.160 e. The fourth-order valence-electron chi connectivity index (χ4n) is 3.61. The number of hydrogen-bond acceptors (Lipinski definition) is 4. The van der Waals surface area contributed by atoms with Crippen molar-refractivity contribution in [3.63, 3.8) is 0 Å². The van der Waals surface area contributed by atoms with Gasteiger partial charge in [-0.05, 0) is 29.3 Å². The van der Waals surface area contributed by atoms with Gasteiger partial charge in [0.2, 0.25) is 0 Å². The molecule has 1 saturated heterocycles. The number of phenols is 1. The van der Waals surface area contributed by atoms with E-state index in [9.17, 15) is 5.11 Å². The molecule has 3 aromatic rings. The molecule has 1 aliphatic rings. The van der Waals surface area contributed by atoms with E-state index in [1.807, 2.05) is 18.2 Å². The van der Waals surface area contributed by atoms with Crippen LogP contribution in [0.4, 0.5) is 0 Å². The van der Waals surface area contributed by atoms with Gasteiger partial charge in [0.25, 0.3) is 0 Å². The van der Waals surface area contributed by atoms with Crippen LogP contribution >= 0.6 is 0 Å². The first kappa shape index (κ1) is 16.0. The van der Waals surface area contributed by atoms with Crippen LogP contribution in [0, 0.1) is 0 Å². The minimum Gasteiger partial charge on any atom is -0.504 e. The van der Waals surface area contributed by atoms with E-state index in [0.29, 0.717) is 5.75 Å². The van der Waals surface area contributed by atoms with Crippen molar-refractivity contribution in [2.75, 3.05) is 33.4 Å². The number of rotatable bonds is 4. The summed E-state index contributed by atoms with van der Waals surface area (Å²) in [7, 11) is 1.58. The zero-order chi connectivity index (χ0) is 17.2. The highest BCUT2D eigenvalue weighted by molar-refractivity contribution is 5.84. The van der Waals surface area contributed by atoms with Gasteiger partial charge in [0.1, 0.15) is 0 Å². The molecule has 5 nitrogen and oxygen atoms in total. The molecule has 2 heterocycles. The molecule has 1 atom stereocenters. The van der Waals surface area contributed by atoms with Crippen LogP contribution in [0.3, 0.4) is 0 Å². The fourth-order valence-corrected chi connectivity index (χ4v) is 3.61. The summed E-state index contributed by atoms with van der Waals surface area (Å²) in [6.07, 6.45) is 2.09. The molecule has 0 amide bonds. The third kappa shape index (κ3) is 2.97. The molecule has 1 fully saturated rings. The van der Waals surface area contributed by atoms with Gasteiger partial charge in [0.15, 0.2) is 11.5 Å². The van der Waals surface area contributed by atoms with E-state index in [2.05, 4.69) is 34.3 Å². The van der Waals surface area contributed by atoms with Crippen molar-refractivity contribution in [3.05, 3.63) is 59.8 Å². The van der Waals surface area contributed by atoms with E-state index < -0.39 is 0 Å². The predicted molar refractivity (Wildman–Crippen MR) is 97.2 cm³/mol. The molecule has 1 unspecified atom stereocenters.